The molecule has 0 radical (unpaired) electrons. The molecular weight excluding hydrogens is 479 g/mol. The van der Waals surface area contributed by atoms with Gasteiger partial charge in [0.25, 0.3) is 0 Å². The minimum Gasteiger partial charge on any atom is -0.377 e. The molecule has 1 aromatic rings. The number of halogens is 1. The molecule has 0 saturated carbocycles. The molecule has 2 N–H and O–H groups in total. The molecule has 5 nitrogen and oxygen atoms in total. The van der Waals surface area contributed by atoms with Gasteiger partial charge < -0.3 is 15.4 Å². The predicted octanol–water partition coefficient (Wildman–Crippen LogP) is 4.25. The molecule has 0 aromatic carbocycles. The van der Waals surface area contributed by atoms with Crippen molar-refractivity contribution in [2.75, 3.05) is 32.5 Å². The van der Waals surface area contributed by atoms with Crippen molar-refractivity contribution in [3.63, 3.8) is 0 Å². The van der Waals surface area contributed by atoms with Crippen LogP contribution in [-0.2, 0) is 4.74 Å². The maximum atomic E-state index is 6.06. The van der Waals surface area contributed by atoms with E-state index < -0.39 is 0 Å². The quantitative estimate of drug-likeness (QED) is 0.188. The molecule has 0 bridgehead atoms. The van der Waals surface area contributed by atoms with Crippen LogP contribution in [-0.4, -0.2) is 49.5 Å². The molecule has 2 unspecified atom stereocenters. The van der Waals surface area contributed by atoms with E-state index in [-0.39, 0.29) is 29.4 Å². The highest BCUT2D eigenvalue weighted by molar-refractivity contribution is 14.0. The summed E-state index contributed by atoms with van der Waals surface area (Å²) in [7, 11) is 1.83. The van der Waals surface area contributed by atoms with Crippen molar-refractivity contribution < 1.29 is 4.74 Å². The van der Waals surface area contributed by atoms with Crippen LogP contribution in [0.4, 0.5) is 0 Å². The molecule has 2 atom stereocenters. The first-order chi connectivity index (χ1) is 12.0. The number of guanidine groups is 1. The van der Waals surface area contributed by atoms with Gasteiger partial charge in [-0.15, -0.1) is 35.3 Å². The van der Waals surface area contributed by atoms with Gasteiger partial charge in [-0.3, -0.25) is 4.99 Å². The van der Waals surface area contributed by atoms with Crippen molar-refractivity contribution in [3.8, 4) is 0 Å². The number of nitrogens with one attached hydrogen (secondary N) is 2. The molecule has 2 heterocycles. The van der Waals surface area contributed by atoms with E-state index in [1.165, 1.54) is 6.42 Å². The standard InChI is InChI=1S/C18H32N4OS2.HI/c1-18(2,3)15-14(7-5-10-23-15)13-22-16(19-4)20-8-6-11-24-17-21-9-12-25-17;/h9,12,14-15H,5-8,10-11,13H2,1-4H3,(H2,19,20,22);1H. The third kappa shape index (κ3) is 8.31. The summed E-state index contributed by atoms with van der Waals surface area (Å²) in [6.07, 6.45) is 5.62. The Morgan fingerprint density at radius 2 is 2.23 bits per heavy atom. The van der Waals surface area contributed by atoms with E-state index in [0.717, 1.165) is 48.6 Å². The van der Waals surface area contributed by atoms with E-state index in [1.807, 2.05) is 30.4 Å². The second-order valence-electron chi connectivity index (χ2n) is 7.44. The van der Waals surface area contributed by atoms with Crippen LogP contribution < -0.4 is 10.6 Å². The highest BCUT2D eigenvalue weighted by atomic mass is 127. The Kier molecular flexibility index (Phi) is 11.4. The van der Waals surface area contributed by atoms with Gasteiger partial charge in [-0.1, -0.05) is 32.5 Å². The summed E-state index contributed by atoms with van der Waals surface area (Å²) >= 11 is 3.52. The summed E-state index contributed by atoms with van der Waals surface area (Å²) in [5.74, 6) is 2.49. The van der Waals surface area contributed by atoms with E-state index in [0.29, 0.717) is 12.0 Å². The highest BCUT2D eigenvalue weighted by Gasteiger charge is 2.35. The number of aliphatic imine (C=N–C) groups is 1. The lowest BCUT2D eigenvalue weighted by Gasteiger charge is -2.40. The molecule has 2 rings (SSSR count). The van der Waals surface area contributed by atoms with Crippen LogP contribution >= 0.6 is 47.1 Å². The van der Waals surface area contributed by atoms with Gasteiger partial charge in [-0.2, -0.15) is 0 Å². The molecule has 0 spiro atoms. The summed E-state index contributed by atoms with van der Waals surface area (Å²) < 4.78 is 7.21. The molecule has 8 heteroatoms. The van der Waals surface area contributed by atoms with Gasteiger partial charge in [0.2, 0.25) is 0 Å². The van der Waals surface area contributed by atoms with Crippen molar-refractivity contribution >= 4 is 53.0 Å². The van der Waals surface area contributed by atoms with Gasteiger partial charge in [0.05, 0.1) is 6.10 Å². The first-order valence-electron chi connectivity index (χ1n) is 9.09. The third-order valence-electron chi connectivity index (χ3n) is 4.30. The Bertz CT molecular complexity index is 520. The fourth-order valence-electron chi connectivity index (χ4n) is 3.18. The van der Waals surface area contributed by atoms with Gasteiger partial charge in [0.15, 0.2) is 5.96 Å². The van der Waals surface area contributed by atoms with Crippen LogP contribution in [0, 0.1) is 11.3 Å². The summed E-state index contributed by atoms with van der Waals surface area (Å²) in [6, 6.07) is 0. The molecule has 1 saturated heterocycles. The summed E-state index contributed by atoms with van der Waals surface area (Å²) in [6.45, 7) is 9.52. The van der Waals surface area contributed by atoms with Crippen molar-refractivity contribution in [3.05, 3.63) is 11.6 Å². The first kappa shape index (κ1) is 24.0. The molecule has 1 aliphatic heterocycles. The van der Waals surface area contributed by atoms with Crippen LogP contribution in [0.5, 0.6) is 0 Å². The molecule has 26 heavy (non-hydrogen) atoms. The lowest BCUT2D eigenvalue weighted by Crippen LogP contribution is -2.47. The van der Waals surface area contributed by atoms with Crippen LogP contribution in [0.3, 0.4) is 0 Å². The second-order valence-corrected chi connectivity index (χ2v) is 9.68. The number of nitrogens with zero attached hydrogens (tertiary/aromatic N) is 2. The molecule has 1 aliphatic rings. The molecular formula is C18H33IN4OS2. The third-order valence-corrected chi connectivity index (χ3v) is 6.35. The smallest absolute Gasteiger partial charge is 0.190 e. The van der Waals surface area contributed by atoms with Gasteiger partial charge in [0.1, 0.15) is 4.34 Å². The average Bonchev–Trinajstić information content (AvgIpc) is 3.10. The lowest BCUT2D eigenvalue weighted by atomic mass is 9.78. The zero-order chi connectivity index (χ0) is 18.1. The summed E-state index contributed by atoms with van der Waals surface area (Å²) in [5.41, 5.74) is 0.177. The monoisotopic (exact) mass is 512 g/mol. The Morgan fingerprint density at radius 1 is 1.42 bits per heavy atom. The normalized spacial score (nSPS) is 21.2. The van der Waals surface area contributed by atoms with Crippen molar-refractivity contribution in [1.29, 1.82) is 0 Å². The Labute approximate surface area is 183 Å². The van der Waals surface area contributed by atoms with Crippen LogP contribution in [0.25, 0.3) is 0 Å². The molecule has 0 amide bonds. The fourth-order valence-corrected chi connectivity index (χ4v) is 4.83. The van der Waals surface area contributed by atoms with Gasteiger partial charge in [-0.25, -0.2) is 4.98 Å². The van der Waals surface area contributed by atoms with Crippen LogP contribution in [0.15, 0.2) is 20.9 Å². The summed E-state index contributed by atoms with van der Waals surface area (Å²) in [5, 5.41) is 8.92. The Balaban J connectivity index is 0.00000338. The number of aromatic nitrogens is 1. The predicted molar refractivity (Wildman–Crippen MR) is 124 cm³/mol. The van der Waals surface area contributed by atoms with E-state index in [1.54, 1.807) is 11.3 Å². The number of ether oxygens (including phenoxy) is 1. The van der Waals surface area contributed by atoms with Crippen molar-refractivity contribution in [1.82, 2.24) is 15.6 Å². The number of hydrogen-bond acceptors (Lipinski definition) is 5. The zero-order valence-corrected chi connectivity index (χ0v) is 20.2. The van der Waals surface area contributed by atoms with Gasteiger partial charge in [-0.05, 0) is 24.7 Å². The fraction of sp³-hybridized carbons (Fsp3) is 0.778. The minimum absolute atomic E-state index is 0. The topological polar surface area (TPSA) is 58.5 Å². The van der Waals surface area contributed by atoms with E-state index in [4.69, 9.17) is 4.74 Å². The Morgan fingerprint density at radius 3 is 2.88 bits per heavy atom. The average molecular weight is 513 g/mol. The number of thioether (sulfide) groups is 1. The highest BCUT2D eigenvalue weighted by Crippen LogP contribution is 2.33. The number of hydrogen-bond donors (Lipinski definition) is 2. The number of thiazole rings is 1. The Hall–Kier alpha value is -0.0600. The lowest BCUT2D eigenvalue weighted by molar-refractivity contribution is -0.0835. The van der Waals surface area contributed by atoms with E-state index in [9.17, 15) is 0 Å². The minimum atomic E-state index is 0. The molecule has 1 aromatic heterocycles. The van der Waals surface area contributed by atoms with Crippen molar-refractivity contribution in [2.24, 2.45) is 16.3 Å². The molecule has 150 valence electrons. The SMILES string of the molecule is CN=C(NCCCSc1nccs1)NCC1CCCOC1C(C)(C)C.I. The first-order valence-corrected chi connectivity index (χ1v) is 11.0. The second kappa shape index (κ2) is 12.4. The van der Waals surface area contributed by atoms with Crippen molar-refractivity contribution in [2.45, 2.75) is 50.5 Å². The van der Waals surface area contributed by atoms with Gasteiger partial charge in [0, 0.05) is 50.0 Å². The van der Waals surface area contributed by atoms with Crippen LogP contribution in [0.2, 0.25) is 0 Å². The van der Waals surface area contributed by atoms with E-state index >= 15 is 0 Å². The number of rotatable bonds is 7. The largest absolute Gasteiger partial charge is 0.377 e. The molecule has 0 aliphatic carbocycles. The maximum Gasteiger partial charge on any atom is 0.190 e. The van der Waals surface area contributed by atoms with Gasteiger partial charge >= 0.3 is 0 Å². The van der Waals surface area contributed by atoms with Crippen LogP contribution in [0.1, 0.15) is 40.0 Å². The maximum absolute atomic E-state index is 6.06. The van der Waals surface area contributed by atoms with E-state index in [2.05, 4.69) is 41.4 Å². The molecule has 1 fully saturated rings. The zero-order valence-electron chi connectivity index (χ0n) is 16.3. The summed E-state index contributed by atoms with van der Waals surface area (Å²) in [4.78, 5) is 8.63.